The predicted molar refractivity (Wildman–Crippen MR) is 100 cm³/mol. The molecular weight excluding hydrogens is 356 g/mol. The molecule has 7 nitrogen and oxygen atoms in total. The summed E-state index contributed by atoms with van der Waals surface area (Å²) in [6, 6.07) is 5.03. The van der Waals surface area contributed by atoms with Gasteiger partial charge in [0.05, 0.1) is 19.5 Å². The van der Waals surface area contributed by atoms with Crippen LogP contribution >= 0.6 is 0 Å². The zero-order valence-electron chi connectivity index (χ0n) is 15.7. The summed E-state index contributed by atoms with van der Waals surface area (Å²) in [5.74, 6) is 1.04. The van der Waals surface area contributed by atoms with E-state index in [1.165, 1.54) is 0 Å². The predicted octanol–water partition coefficient (Wildman–Crippen LogP) is 2.03. The number of hydrogen-bond donors (Lipinski definition) is 1. The number of nitrogens with one attached hydrogen (secondary N) is 1. The Bertz CT molecular complexity index is 720. The van der Waals surface area contributed by atoms with Crippen molar-refractivity contribution >= 4 is 15.9 Å². The first-order chi connectivity index (χ1) is 12.4. The van der Waals surface area contributed by atoms with Crippen LogP contribution in [0.4, 0.5) is 0 Å². The van der Waals surface area contributed by atoms with Gasteiger partial charge in [0.15, 0.2) is 11.5 Å². The highest BCUT2D eigenvalue weighted by molar-refractivity contribution is 7.88. The van der Waals surface area contributed by atoms with Crippen molar-refractivity contribution in [3.63, 3.8) is 0 Å². The molecular formula is C18H28N2O5S. The molecule has 1 atom stereocenters. The van der Waals surface area contributed by atoms with Gasteiger partial charge in [-0.15, -0.1) is 0 Å². The van der Waals surface area contributed by atoms with Crippen LogP contribution in [0, 0.1) is 0 Å². The molecule has 2 rings (SSSR count). The average molecular weight is 384 g/mol. The lowest BCUT2D eigenvalue weighted by atomic mass is 10.0. The smallest absolute Gasteiger partial charge is 0.254 e. The Kier molecular flexibility index (Phi) is 7.28. The lowest BCUT2D eigenvalue weighted by Crippen LogP contribution is -2.49. The number of nitrogens with zero attached hydrogens (tertiary/aromatic N) is 1. The first kappa shape index (κ1) is 20.5. The monoisotopic (exact) mass is 384 g/mol. The van der Waals surface area contributed by atoms with E-state index in [9.17, 15) is 13.2 Å². The summed E-state index contributed by atoms with van der Waals surface area (Å²) in [5.41, 5.74) is 0.517. The summed E-state index contributed by atoms with van der Waals surface area (Å²) in [5, 5.41) is 0. The van der Waals surface area contributed by atoms with Crippen molar-refractivity contribution in [3.8, 4) is 11.5 Å². The van der Waals surface area contributed by atoms with E-state index in [1.807, 2.05) is 13.8 Å². The van der Waals surface area contributed by atoms with Crippen LogP contribution in [-0.4, -0.2) is 57.8 Å². The maximum atomic E-state index is 13.0. The zero-order chi connectivity index (χ0) is 19.2. The van der Waals surface area contributed by atoms with Gasteiger partial charge in [-0.1, -0.05) is 0 Å². The van der Waals surface area contributed by atoms with E-state index >= 15 is 0 Å². The van der Waals surface area contributed by atoms with Gasteiger partial charge in [-0.05, 0) is 51.3 Å². The normalized spacial score (nSPS) is 17.8. The van der Waals surface area contributed by atoms with E-state index in [4.69, 9.17) is 9.47 Å². The van der Waals surface area contributed by atoms with Crippen LogP contribution in [0.5, 0.6) is 11.5 Å². The van der Waals surface area contributed by atoms with Gasteiger partial charge < -0.3 is 14.4 Å². The summed E-state index contributed by atoms with van der Waals surface area (Å²) in [7, 11) is -3.29. The van der Waals surface area contributed by atoms with Crippen LogP contribution in [0.15, 0.2) is 18.2 Å². The van der Waals surface area contributed by atoms with Crippen LogP contribution in [-0.2, 0) is 10.0 Å². The highest BCUT2D eigenvalue weighted by atomic mass is 32.2. The van der Waals surface area contributed by atoms with E-state index in [0.717, 1.165) is 25.5 Å². The summed E-state index contributed by atoms with van der Waals surface area (Å²) >= 11 is 0. The molecule has 26 heavy (non-hydrogen) atoms. The van der Waals surface area contributed by atoms with E-state index in [1.54, 1.807) is 23.1 Å². The van der Waals surface area contributed by atoms with Crippen molar-refractivity contribution in [1.29, 1.82) is 0 Å². The quantitative estimate of drug-likeness (QED) is 0.741. The molecule has 0 spiro atoms. The van der Waals surface area contributed by atoms with Crippen molar-refractivity contribution in [1.82, 2.24) is 9.62 Å². The molecule has 8 heteroatoms. The van der Waals surface area contributed by atoms with Crippen LogP contribution in [0.1, 0.15) is 43.5 Å². The fourth-order valence-electron chi connectivity index (χ4n) is 3.08. The fourth-order valence-corrected chi connectivity index (χ4v) is 3.57. The average Bonchev–Trinajstić information content (AvgIpc) is 2.61. The summed E-state index contributed by atoms with van der Waals surface area (Å²) in [6.07, 6.45) is 3.80. The van der Waals surface area contributed by atoms with Gasteiger partial charge in [0.1, 0.15) is 0 Å². The van der Waals surface area contributed by atoms with Crippen LogP contribution in [0.25, 0.3) is 0 Å². The third-order valence-corrected chi connectivity index (χ3v) is 4.95. The SMILES string of the molecule is CCOc1ccc(C(=O)N2CCCCC2CNS(C)(=O)=O)cc1OCC. The molecule has 1 aromatic carbocycles. The number of carbonyl (C=O) groups excluding carboxylic acids is 1. The second-order valence-electron chi connectivity index (χ2n) is 6.30. The van der Waals surface area contributed by atoms with E-state index in [2.05, 4.69) is 4.72 Å². The molecule has 0 bridgehead atoms. The van der Waals surface area contributed by atoms with Gasteiger partial charge in [0, 0.05) is 24.7 Å². The molecule has 1 aliphatic rings. The lowest BCUT2D eigenvalue weighted by Gasteiger charge is -2.36. The number of benzene rings is 1. The zero-order valence-corrected chi connectivity index (χ0v) is 16.5. The number of ether oxygens (including phenoxy) is 2. The maximum Gasteiger partial charge on any atom is 0.254 e. The minimum atomic E-state index is -3.29. The van der Waals surface area contributed by atoms with Crippen molar-refractivity contribution < 1.29 is 22.7 Å². The number of rotatable bonds is 8. The minimum absolute atomic E-state index is 0.117. The Morgan fingerprint density at radius 1 is 1.19 bits per heavy atom. The van der Waals surface area contributed by atoms with Gasteiger partial charge in [-0.2, -0.15) is 0 Å². The molecule has 1 heterocycles. The second kappa shape index (κ2) is 9.23. The van der Waals surface area contributed by atoms with Gasteiger partial charge in [0.2, 0.25) is 10.0 Å². The van der Waals surface area contributed by atoms with Gasteiger partial charge in [0.25, 0.3) is 5.91 Å². The third kappa shape index (κ3) is 5.60. The Morgan fingerprint density at radius 2 is 1.88 bits per heavy atom. The number of sulfonamides is 1. The first-order valence-electron chi connectivity index (χ1n) is 9.01. The topological polar surface area (TPSA) is 84.9 Å². The largest absolute Gasteiger partial charge is 0.490 e. The van der Waals surface area contributed by atoms with E-state index in [0.29, 0.717) is 36.8 Å². The number of hydrogen-bond acceptors (Lipinski definition) is 5. The van der Waals surface area contributed by atoms with Crippen molar-refractivity contribution in [2.75, 3.05) is 32.6 Å². The molecule has 0 saturated carbocycles. The Hall–Kier alpha value is -1.80. The first-order valence-corrected chi connectivity index (χ1v) is 10.9. The molecule has 1 aromatic rings. The molecule has 1 fully saturated rings. The highest BCUT2D eigenvalue weighted by Crippen LogP contribution is 2.30. The molecule has 0 aromatic heterocycles. The molecule has 0 aliphatic carbocycles. The van der Waals surface area contributed by atoms with Crippen molar-refractivity contribution in [2.45, 2.75) is 39.2 Å². The molecule has 1 aliphatic heterocycles. The van der Waals surface area contributed by atoms with E-state index < -0.39 is 10.0 Å². The van der Waals surface area contributed by atoms with Crippen LogP contribution in [0.2, 0.25) is 0 Å². The van der Waals surface area contributed by atoms with Crippen LogP contribution in [0.3, 0.4) is 0 Å². The van der Waals surface area contributed by atoms with Gasteiger partial charge in [-0.25, -0.2) is 13.1 Å². The number of amides is 1. The molecule has 0 radical (unpaired) electrons. The van der Waals surface area contributed by atoms with Gasteiger partial charge >= 0.3 is 0 Å². The summed E-state index contributed by atoms with van der Waals surface area (Å²) in [4.78, 5) is 14.8. The third-order valence-electron chi connectivity index (χ3n) is 4.26. The number of piperidine rings is 1. The Morgan fingerprint density at radius 3 is 2.54 bits per heavy atom. The molecule has 1 amide bonds. The number of likely N-dealkylation sites (tertiary alicyclic amines) is 1. The standard InChI is InChI=1S/C18H28N2O5S/c1-4-24-16-10-9-14(12-17(16)25-5-2)18(21)20-11-7-6-8-15(20)13-19-26(3,22)23/h9-10,12,15,19H,4-8,11,13H2,1-3H3. The van der Waals surface area contributed by atoms with Gasteiger partial charge in [-0.3, -0.25) is 4.79 Å². The molecule has 1 N–H and O–H groups in total. The van der Waals surface area contributed by atoms with Crippen molar-refractivity contribution in [2.24, 2.45) is 0 Å². The molecule has 146 valence electrons. The molecule has 1 unspecified atom stereocenters. The highest BCUT2D eigenvalue weighted by Gasteiger charge is 2.28. The van der Waals surface area contributed by atoms with Crippen LogP contribution < -0.4 is 14.2 Å². The minimum Gasteiger partial charge on any atom is -0.490 e. The fraction of sp³-hybridized carbons (Fsp3) is 0.611. The van der Waals surface area contributed by atoms with Crippen molar-refractivity contribution in [3.05, 3.63) is 23.8 Å². The number of carbonyl (C=O) groups is 1. The Balaban J connectivity index is 2.20. The summed E-state index contributed by atoms with van der Waals surface area (Å²) in [6.45, 7) is 5.61. The molecule has 1 saturated heterocycles. The second-order valence-corrected chi connectivity index (χ2v) is 8.13. The van der Waals surface area contributed by atoms with E-state index in [-0.39, 0.29) is 18.5 Å². The maximum absolute atomic E-state index is 13.0. The lowest BCUT2D eigenvalue weighted by molar-refractivity contribution is 0.0618. The summed E-state index contributed by atoms with van der Waals surface area (Å²) < 4.78 is 36.4. The Labute approximate surface area is 155 Å².